The molecule has 2 aromatic heterocycles. The van der Waals surface area contributed by atoms with Crippen LogP contribution in [0.1, 0.15) is 74.4 Å². The van der Waals surface area contributed by atoms with Crippen LogP contribution >= 0.6 is 66.6 Å². The molecule has 23 nitrogen and oxygen atoms in total. The lowest BCUT2D eigenvalue weighted by Gasteiger charge is -2.22. The highest BCUT2D eigenvalue weighted by molar-refractivity contribution is 8.77. The Morgan fingerprint density at radius 2 is 1.61 bits per heavy atom. The summed E-state index contributed by atoms with van der Waals surface area (Å²) in [6.07, 6.45) is 0.760. The molecule has 0 bridgehead atoms. The first-order valence-electron chi connectivity index (χ1n) is 20.3. The number of amides is 1. The molecular formula is C39H49N6O17P3S4. The van der Waals surface area contributed by atoms with Crippen LogP contribution in [0.5, 0.6) is 0 Å². The van der Waals surface area contributed by atoms with E-state index in [0.717, 1.165) is 11.3 Å². The summed E-state index contributed by atoms with van der Waals surface area (Å²) in [5, 5.41) is 2.77. The Hall–Kier alpha value is -3.48. The van der Waals surface area contributed by atoms with Crippen LogP contribution in [0.25, 0.3) is 11.0 Å². The van der Waals surface area contributed by atoms with Gasteiger partial charge in [0.05, 0.1) is 41.8 Å². The summed E-state index contributed by atoms with van der Waals surface area (Å²) < 4.78 is 72.8. The number of nitrogens with one attached hydrogen (secondary N) is 1. The number of rotatable bonds is 25. The molecule has 1 fully saturated rings. The van der Waals surface area contributed by atoms with Gasteiger partial charge >= 0.3 is 35.4 Å². The number of aromatic nitrogens is 3. The minimum atomic E-state index is -5.85. The van der Waals surface area contributed by atoms with Crippen molar-refractivity contribution in [1.29, 1.82) is 0 Å². The fraction of sp³-hybridized carbons (Fsp3) is 0.410. The Balaban J connectivity index is 1.24. The maximum Gasteiger partial charge on any atom is 0.490 e. The first kappa shape index (κ1) is 56.4. The van der Waals surface area contributed by atoms with Gasteiger partial charge in [0.25, 0.3) is 0 Å². The molecule has 0 saturated carbocycles. The number of hydrogen-bond acceptors (Lipinski definition) is 21. The SMILES string of the molecule is CSSC(C)c1ccccc1C(=O)OC1C[C@H](n2cc(C#CCNC(=O)COCCOC(=O)c3ccccc3C(C)SSCCN)c3c(N)ncnc32)O[C@@H]1COP(=O)(O)OP(=O)(O)OP(=O)(O)O. The lowest BCUT2D eigenvalue weighted by atomic mass is 10.0. The second kappa shape index (κ2) is 26.3. The third-order valence-corrected chi connectivity index (χ3v) is 18.2. The van der Waals surface area contributed by atoms with Crippen LogP contribution in [0, 0.1) is 11.8 Å². The third-order valence-electron chi connectivity index (χ3n) is 9.39. The van der Waals surface area contributed by atoms with Crippen molar-refractivity contribution >= 4 is 101 Å². The Labute approximate surface area is 411 Å². The molecule has 69 heavy (non-hydrogen) atoms. The fourth-order valence-corrected chi connectivity index (χ4v) is 13.5. The van der Waals surface area contributed by atoms with Crippen molar-refractivity contribution < 1.29 is 79.7 Å². The molecule has 1 amide bonds. The molecule has 4 aromatic rings. The first-order chi connectivity index (χ1) is 32.7. The Kier molecular flexibility index (Phi) is 21.5. The van der Waals surface area contributed by atoms with Gasteiger partial charge in [-0.2, -0.15) is 8.62 Å². The van der Waals surface area contributed by atoms with E-state index in [4.69, 9.17) is 44.7 Å². The summed E-state index contributed by atoms with van der Waals surface area (Å²) in [5.74, 6) is 4.75. The van der Waals surface area contributed by atoms with Gasteiger partial charge in [-0.05, 0) is 43.4 Å². The predicted molar refractivity (Wildman–Crippen MR) is 260 cm³/mol. The van der Waals surface area contributed by atoms with Gasteiger partial charge < -0.3 is 59.9 Å². The zero-order valence-corrected chi connectivity index (χ0v) is 42.8. The minimum absolute atomic E-state index is 0.0151. The summed E-state index contributed by atoms with van der Waals surface area (Å²) in [7, 11) is -10.9. The zero-order valence-electron chi connectivity index (χ0n) is 36.9. The van der Waals surface area contributed by atoms with Crippen LogP contribution in [0.2, 0.25) is 0 Å². The number of carbonyl (C=O) groups is 3. The van der Waals surface area contributed by atoms with Gasteiger partial charge in [0.15, 0.2) is 0 Å². The van der Waals surface area contributed by atoms with Crippen LogP contribution < -0.4 is 16.8 Å². The highest BCUT2D eigenvalue weighted by Gasteiger charge is 2.45. The van der Waals surface area contributed by atoms with Crippen molar-refractivity contribution in [2.75, 3.05) is 57.3 Å². The Morgan fingerprint density at radius 3 is 2.28 bits per heavy atom. The first-order valence-corrected chi connectivity index (χ1v) is 29.9. The maximum absolute atomic E-state index is 13.8. The van der Waals surface area contributed by atoms with Crippen LogP contribution in [0.15, 0.2) is 61.1 Å². The Bertz CT molecular complexity index is 2650. The molecule has 9 N–H and O–H groups in total. The fourth-order valence-electron chi connectivity index (χ4n) is 6.53. The monoisotopic (exact) mass is 1090 g/mol. The smallest absolute Gasteiger partial charge is 0.460 e. The molecular weight excluding hydrogens is 1050 g/mol. The van der Waals surface area contributed by atoms with Gasteiger partial charge in [0.2, 0.25) is 5.91 Å². The molecule has 1 aliphatic rings. The number of benzene rings is 2. The maximum atomic E-state index is 13.8. The van der Waals surface area contributed by atoms with Crippen LogP contribution in [-0.2, 0) is 50.6 Å². The van der Waals surface area contributed by atoms with E-state index in [-0.39, 0.29) is 60.3 Å². The largest absolute Gasteiger partial charge is 0.490 e. The van der Waals surface area contributed by atoms with E-state index < -0.39 is 66.4 Å². The van der Waals surface area contributed by atoms with Gasteiger partial charge in [0, 0.05) is 35.4 Å². The topological polar surface area (TPSA) is 343 Å². The summed E-state index contributed by atoms with van der Waals surface area (Å²) in [6.45, 7) is 2.88. The number of phosphoric acid groups is 3. The van der Waals surface area contributed by atoms with Crippen LogP contribution in [0.4, 0.5) is 5.82 Å². The van der Waals surface area contributed by atoms with Crippen molar-refractivity contribution in [1.82, 2.24) is 19.9 Å². The van der Waals surface area contributed by atoms with Crippen molar-refractivity contribution in [3.8, 4) is 11.8 Å². The molecule has 5 unspecified atom stereocenters. The average molecular weight is 1100 g/mol. The van der Waals surface area contributed by atoms with E-state index in [9.17, 15) is 37.9 Å². The van der Waals surface area contributed by atoms with E-state index >= 15 is 0 Å². The van der Waals surface area contributed by atoms with Gasteiger partial charge in [-0.1, -0.05) is 91.4 Å². The van der Waals surface area contributed by atoms with Crippen molar-refractivity contribution in [3.05, 3.63) is 88.9 Å². The number of anilines is 1. The lowest BCUT2D eigenvalue weighted by Crippen LogP contribution is -2.31. The molecule has 5 rings (SSSR count). The molecule has 1 saturated heterocycles. The second-order valence-corrected chi connectivity index (χ2v) is 24.4. The number of carbonyl (C=O) groups excluding carboxylic acids is 3. The predicted octanol–water partition coefficient (Wildman–Crippen LogP) is 5.68. The summed E-state index contributed by atoms with van der Waals surface area (Å²) in [4.78, 5) is 85.3. The van der Waals surface area contributed by atoms with Crippen molar-refractivity contribution in [2.24, 2.45) is 5.73 Å². The standard InChI is InChI=1S/C39H49N6O17P3S4/c1-24(68-66-3)27-10-5-7-13-30(27)39(48)60-31-19-34(59-32(31)21-58-64(52,53)62-65(54,55)61-63(49,50)51)45-20-26(35-36(41)43-23-44-37(35)45)9-8-15-42-33(46)22-56-16-17-57-38(47)29-12-6-4-11-28(29)25(2)69-67-18-14-40/h4-7,10-13,20,23-25,31-32,34H,14-19,21-22,40H2,1-3H3,(H,42,46)(H,52,53)(H,54,55)(H2,41,43,44)(H2,49,50,51)/t24?,25?,31?,32-,34-/m1/s1. The summed E-state index contributed by atoms with van der Waals surface area (Å²) in [5.41, 5.74) is 14.5. The number of ether oxygens (including phenoxy) is 4. The third kappa shape index (κ3) is 17.1. The zero-order chi connectivity index (χ0) is 50.4. The van der Waals surface area contributed by atoms with Gasteiger partial charge in [-0.25, -0.2) is 33.3 Å². The molecule has 7 atom stereocenters. The van der Waals surface area contributed by atoms with Crippen LogP contribution in [-0.4, -0.2) is 116 Å². The normalized spacial score (nSPS) is 18.6. The van der Waals surface area contributed by atoms with E-state index in [1.165, 1.54) is 38.7 Å². The summed E-state index contributed by atoms with van der Waals surface area (Å²) >= 11 is 0. The molecule has 30 heteroatoms. The van der Waals surface area contributed by atoms with Crippen LogP contribution in [0.3, 0.4) is 0 Å². The van der Waals surface area contributed by atoms with E-state index in [1.807, 2.05) is 32.2 Å². The molecule has 1 aliphatic heterocycles. The average Bonchev–Trinajstić information content (AvgIpc) is 3.87. The molecule has 376 valence electrons. The van der Waals surface area contributed by atoms with Gasteiger partial charge in [-0.3, -0.25) is 9.32 Å². The quantitative estimate of drug-likeness (QED) is 0.0138. The van der Waals surface area contributed by atoms with Crippen molar-refractivity contribution in [2.45, 2.75) is 49.2 Å². The Morgan fingerprint density at radius 1 is 0.942 bits per heavy atom. The molecule has 0 aliphatic carbocycles. The number of nitrogens with zero attached hydrogens (tertiary/aromatic N) is 3. The number of hydrogen-bond donors (Lipinski definition) is 7. The van der Waals surface area contributed by atoms with Gasteiger partial charge in [-0.15, -0.1) is 0 Å². The molecule has 0 radical (unpaired) electrons. The van der Waals surface area contributed by atoms with E-state index in [2.05, 4.69) is 35.7 Å². The number of phosphoric ester groups is 1. The number of esters is 2. The van der Waals surface area contributed by atoms with Crippen molar-refractivity contribution in [3.63, 3.8) is 0 Å². The van der Waals surface area contributed by atoms with Gasteiger partial charge in [0.1, 0.15) is 49.4 Å². The highest BCUT2D eigenvalue weighted by Crippen LogP contribution is 2.66. The lowest BCUT2D eigenvalue weighted by molar-refractivity contribution is -0.125. The highest BCUT2D eigenvalue weighted by atomic mass is 33.1. The molecule has 0 spiro atoms. The molecule has 3 heterocycles. The second-order valence-electron chi connectivity index (χ2n) is 14.3. The minimum Gasteiger partial charge on any atom is -0.460 e. The molecule has 2 aromatic carbocycles. The number of nitrogens with two attached hydrogens (primary N) is 2. The summed E-state index contributed by atoms with van der Waals surface area (Å²) in [6, 6.07) is 13.9. The van der Waals surface area contributed by atoms with E-state index in [1.54, 1.807) is 58.0 Å². The van der Waals surface area contributed by atoms with E-state index in [0.29, 0.717) is 28.6 Å². The number of nitrogen functional groups attached to an aromatic ring is 1. The number of fused-ring (bicyclic) bond motifs is 1.